The molecule has 6 heteroatoms. The molecule has 3 atom stereocenters. The third-order valence-electron chi connectivity index (χ3n) is 4.41. The number of carboxylic acids is 1. The van der Waals surface area contributed by atoms with Crippen LogP contribution in [0.4, 0.5) is 4.79 Å². The molecule has 5 nitrogen and oxygen atoms in total. The summed E-state index contributed by atoms with van der Waals surface area (Å²) < 4.78 is 0. The predicted molar refractivity (Wildman–Crippen MR) is 79.7 cm³/mol. The number of carboxylic acid groups (broad SMARTS) is 1. The first-order valence-corrected chi connectivity index (χ1v) is 8.18. The fraction of sp³-hybridized carbons (Fsp3) is 0.857. The number of carbonyl (C=O) groups excluding carboxylic acids is 1. The fourth-order valence-corrected chi connectivity index (χ4v) is 4.09. The van der Waals surface area contributed by atoms with Crippen LogP contribution in [-0.2, 0) is 4.79 Å². The van der Waals surface area contributed by atoms with Gasteiger partial charge in [-0.1, -0.05) is 20.8 Å². The lowest BCUT2D eigenvalue weighted by molar-refractivity contribution is -0.141. The maximum Gasteiger partial charge on any atom is 0.327 e. The van der Waals surface area contributed by atoms with Gasteiger partial charge in [-0.05, 0) is 24.7 Å². The van der Waals surface area contributed by atoms with E-state index < -0.39 is 12.0 Å². The van der Waals surface area contributed by atoms with Crippen LogP contribution in [0.15, 0.2) is 0 Å². The van der Waals surface area contributed by atoms with Gasteiger partial charge >= 0.3 is 12.0 Å². The maximum atomic E-state index is 12.6. The van der Waals surface area contributed by atoms with Gasteiger partial charge in [0.05, 0.1) is 5.37 Å². The van der Waals surface area contributed by atoms with Gasteiger partial charge in [0.1, 0.15) is 6.04 Å². The molecule has 0 bridgehead atoms. The topological polar surface area (TPSA) is 60.9 Å². The lowest BCUT2D eigenvalue weighted by Crippen LogP contribution is -2.50. The summed E-state index contributed by atoms with van der Waals surface area (Å²) in [4.78, 5) is 27.3. The van der Waals surface area contributed by atoms with Crippen molar-refractivity contribution in [3.8, 4) is 0 Å². The summed E-state index contributed by atoms with van der Waals surface area (Å²) in [6, 6.07) is -0.794. The molecule has 2 heterocycles. The van der Waals surface area contributed by atoms with Crippen molar-refractivity contribution in [3.63, 3.8) is 0 Å². The van der Waals surface area contributed by atoms with Crippen molar-refractivity contribution >= 4 is 23.8 Å². The number of aliphatic carboxylic acids is 1. The van der Waals surface area contributed by atoms with Gasteiger partial charge in [-0.3, -0.25) is 4.90 Å². The van der Waals surface area contributed by atoms with E-state index in [4.69, 9.17) is 0 Å². The smallest absolute Gasteiger partial charge is 0.327 e. The highest BCUT2D eigenvalue weighted by Gasteiger charge is 2.43. The summed E-state index contributed by atoms with van der Waals surface area (Å²) in [5.74, 6) is 0.0701. The largest absolute Gasteiger partial charge is 0.480 e. The Balaban J connectivity index is 2.06. The number of hydrogen-bond acceptors (Lipinski definition) is 3. The third-order valence-corrected chi connectivity index (χ3v) is 5.63. The second kappa shape index (κ2) is 5.47. The average Bonchev–Trinajstić information content (AvgIpc) is 2.93. The second-order valence-electron chi connectivity index (χ2n) is 6.77. The van der Waals surface area contributed by atoms with Gasteiger partial charge in [0.2, 0.25) is 0 Å². The zero-order valence-corrected chi connectivity index (χ0v) is 13.4. The van der Waals surface area contributed by atoms with E-state index in [9.17, 15) is 14.7 Å². The Hall–Kier alpha value is -0.910. The first kappa shape index (κ1) is 15.5. The maximum absolute atomic E-state index is 12.6. The molecule has 2 rings (SSSR count). The minimum absolute atomic E-state index is 0.0581. The van der Waals surface area contributed by atoms with Crippen LogP contribution in [0.3, 0.4) is 0 Å². The van der Waals surface area contributed by atoms with Crippen molar-refractivity contribution in [1.29, 1.82) is 0 Å². The van der Waals surface area contributed by atoms with Crippen LogP contribution >= 0.6 is 11.8 Å². The lowest BCUT2D eigenvalue weighted by Gasteiger charge is -2.31. The number of hydrogen-bond donors (Lipinski definition) is 1. The van der Waals surface area contributed by atoms with Crippen LogP contribution < -0.4 is 0 Å². The highest BCUT2D eigenvalue weighted by molar-refractivity contribution is 8.00. The zero-order chi connectivity index (χ0) is 15.1. The molecule has 0 spiro atoms. The summed E-state index contributed by atoms with van der Waals surface area (Å²) in [5, 5.41) is 9.19. The Labute approximate surface area is 124 Å². The highest BCUT2D eigenvalue weighted by Crippen LogP contribution is 2.36. The zero-order valence-electron chi connectivity index (χ0n) is 12.6. The highest BCUT2D eigenvalue weighted by atomic mass is 32.2. The second-order valence-corrected chi connectivity index (χ2v) is 8.12. The molecule has 0 aromatic heterocycles. The molecule has 2 fully saturated rings. The molecule has 0 radical (unpaired) electrons. The number of nitrogens with zero attached hydrogens (tertiary/aromatic N) is 2. The quantitative estimate of drug-likeness (QED) is 0.807. The van der Waals surface area contributed by atoms with Crippen LogP contribution in [-0.4, -0.2) is 57.2 Å². The molecule has 2 aliphatic rings. The van der Waals surface area contributed by atoms with E-state index in [2.05, 4.69) is 20.8 Å². The Morgan fingerprint density at radius 3 is 2.45 bits per heavy atom. The van der Waals surface area contributed by atoms with E-state index in [0.717, 1.165) is 19.5 Å². The molecular formula is C14H24N2O3S. The van der Waals surface area contributed by atoms with Crippen LogP contribution in [0.2, 0.25) is 0 Å². The molecule has 0 aromatic rings. The Bertz CT molecular complexity index is 408. The number of likely N-dealkylation sites (tertiary alicyclic amines) is 1. The summed E-state index contributed by atoms with van der Waals surface area (Å²) in [7, 11) is 0. The molecule has 2 saturated heterocycles. The molecule has 0 aliphatic carbocycles. The number of amides is 2. The van der Waals surface area contributed by atoms with Crippen LogP contribution in [0, 0.1) is 11.3 Å². The molecule has 2 aliphatic heterocycles. The Kier molecular flexibility index (Phi) is 4.23. The molecule has 1 N–H and O–H groups in total. The number of urea groups is 1. The molecule has 3 unspecified atom stereocenters. The summed E-state index contributed by atoms with van der Waals surface area (Å²) in [6.45, 7) is 9.96. The Morgan fingerprint density at radius 1 is 1.30 bits per heavy atom. The van der Waals surface area contributed by atoms with Crippen molar-refractivity contribution in [2.45, 2.75) is 45.5 Å². The van der Waals surface area contributed by atoms with Gasteiger partial charge in [-0.25, -0.2) is 9.59 Å². The van der Waals surface area contributed by atoms with Gasteiger partial charge in [0.25, 0.3) is 0 Å². The van der Waals surface area contributed by atoms with Gasteiger partial charge in [-0.15, -0.1) is 11.8 Å². The van der Waals surface area contributed by atoms with E-state index in [1.807, 2.05) is 11.8 Å². The van der Waals surface area contributed by atoms with Gasteiger partial charge in [0.15, 0.2) is 0 Å². The molecule has 2 amide bonds. The summed E-state index contributed by atoms with van der Waals surface area (Å²) in [5.41, 5.74) is 0.187. The minimum atomic E-state index is -0.901. The van der Waals surface area contributed by atoms with Crippen molar-refractivity contribution < 1.29 is 14.7 Å². The van der Waals surface area contributed by atoms with E-state index in [1.165, 1.54) is 16.7 Å². The number of thioether (sulfide) groups is 1. The van der Waals surface area contributed by atoms with Gasteiger partial charge < -0.3 is 10.0 Å². The van der Waals surface area contributed by atoms with Crippen molar-refractivity contribution in [2.24, 2.45) is 11.3 Å². The number of carbonyl (C=O) groups is 2. The molecule has 20 heavy (non-hydrogen) atoms. The SMILES string of the molecule is CC1SCC(C(=O)O)N1C(=O)N1CCC(C(C)(C)C)C1. The minimum Gasteiger partial charge on any atom is -0.480 e. The molecule has 0 aromatic carbocycles. The third kappa shape index (κ3) is 2.90. The molecule has 0 saturated carbocycles. The van der Waals surface area contributed by atoms with E-state index in [1.54, 1.807) is 0 Å². The fourth-order valence-electron chi connectivity index (χ4n) is 2.93. The predicted octanol–water partition coefficient (Wildman–Crippen LogP) is 2.32. The average molecular weight is 300 g/mol. The van der Waals surface area contributed by atoms with E-state index in [-0.39, 0.29) is 16.8 Å². The molecular weight excluding hydrogens is 276 g/mol. The van der Waals surface area contributed by atoms with Crippen LogP contribution in [0.5, 0.6) is 0 Å². The van der Waals surface area contributed by atoms with Crippen molar-refractivity contribution in [1.82, 2.24) is 9.80 Å². The first-order valence-electron chi connectivity index (χ1n) is 7.13. The standard InChI is InChI=1S/C14H24N2O3S/c1-9-16(11(8-20-9)12(17)18)13(19)15-6-5-10(7-15)14(2,3)4/h9-11H,5-8H2,1-4H3,(H,17,18). The monoisotopic (exact) mass is 300 g/mol. The lowest BCUT2D eigenvalue weighted by atomic mass is 9.80. The van der Waals surface area contributed by atoms with Crippen LogP contribution in [0.1, 0.15) is 34.1 Å². The molecule has 114 valence electrons. The van der Waals surface area contributed by atoms with E-state index >= 15 is 0 Å². The Morgan fingerprint density at radius 2 is 1.95 bits per heavy atom. The van der Waals surface area contributed by atoms with Gasteiger partial charge in [0, 0.05) is 18.8 Å². The number of rotatable bonds is 1. The van der Waals surface area contributed by atoms with Crippen molar-refractivity contribution in [2.75, 3.05) is 18.8 Å². The first-order chi connectivity index (χ1) is 9.21. The van der Waals surface area contributed by atoms with Crippen LogP contribution in [0.25, 0.3) is 0 Å². The normalized spacial score (nSPS) is 30.9. The summed E-state index contributed by atoms with van der Waals surface area (Å²) >= 11 is 1.53. The van der Waals surface area contributed by atoms with E-state index in [0.29, 0.717) is 11.7 Å². The van der Waals surface area contributed by atoms with Crippen molar-refractivity contribution in [3.05, 3.63) is 0 Å². The summed E-state index contributed by atoms with van der Waals surface area (Å²) in [6.07, 6.45) is 1.00. The van der Waals surface area contributed by atoms with Gasteiger partial charge in [-0.2, -0.15) is 0 Å².